The summed E-state index contributed by atoms with van der Waals surface area (Å²) < 4.78 is 5.42. The molecule has 1 fully saturated rings. The highest BCUT2D eigenvalue weighted by molar-refractivity contribution is 5.93. The lowest BCUT2D eigenvalue weighted by Gasteiger charge is -2.33. The van der Waals surface area contributed by atoms with Crippen molar-refractivity contribution >= 4 is 17.5 Å². The van der Waals surface area contributed by atoms with Gasteiger partial charge in [0.15, 0.2) is 0 Å². The van der Waals surface area contributed by atoms with Crippen LogP contribution in [0.1, 0.15) is 33.1 Å². The summed E-state index contributed by atoms with van der Waals surface area (Å²) in [5.41, 5.74) is 6.14. The first-order valence-corrected chi connectivity index (χ1v) is 9.07. The largest absolute Gasteiger partial charge is 0.492 e. The molecule has 138 valence electrons. The number of rotatable bonds is 7. The second-order valence-electron chi connectivity index (χ2n) is 6.58. The molecule has 0 saturated carbocycles. The van der Waals surface area contributed by atoms with Gasteiger partial charge in [-0.3, -0.25) is 9.59 Å². The first-order valence-electron chi connectivity index (χ1n) is 9.07. The molecule has 1 aromatic carbocycles. The Balaban J connectivity index is 1.90. The number of carbonyl (C=O) groups is 2. The minimum absolute atomic E-state index is 0.0166. The van der Waals surface area contributed by atoms with Gasteiger partial charge in [0.2, 0.25) is 11.8 Å². The topological polar surface area (TPSA) is 84.7 Å². The molecule has 1 aliphatic rings. The molecule has 6 heteroatoms. The van der Waals surface area contributed by atoms with Crippen LogP contribution in [0, 0.1) is 11.8 Å². The van der Waals surface area contributed by atoms with Crippen LogP contribution in [0.25, 0.3) is 0 Å². The van der Waals surface area contributed by atoms with E-state index in [2.05, 4.69) is 5.32 Å². The van der Waals surface area contributed by atoms with Crippen LogP contribution in [0.2, 0.25) is 0 Å². The predicted octanol–water partition coefficient (Wildman–Crippen LogP) is 2.25. The summed E-state index contributed by atoms with van der Waals surface area (Å²) in [7, 11) is 0. The van der Waals surface area contributed by atoms with Gasteiger partial charge in [0.1, 0.15) is 12.4 Å². The summed E-state index contributed by atoms with van der Waals surface area (Å²) >= 11 is 0. The van der Waals surface area contributed by atoms with E-state index < -0.39 is 0 Å². The van der Waals surface area contributed by atoms with Gasteiger partial charge in [0.25, 0.3) is 0 Å². The van der Waals surface area contributed by atoms with Crippen LogP contribution < -0.4 is 15.8 Å². The number of likely N-dealkylation sites (tertiary alicyclic amines) is 1. The van der Waals surface area contributed by atoms with Crippen molar-refractivity contribution in [1.82, 2.24) is 4.90 Å². The third-order valence-corrected chi connectivity index (χ3v) is 4.65. The second-order valence-corrected chi connectivity index (χ2v) is 6.58. The first kappa shape index (κ1) is 19.2. The maximum absolute atomic E-state index is 12.5. The monoisotopic (exact) mass is 347 g/mol. The van der Waals surface area contributed by atoms with Gasteiger partial charge < -0.3 is 20.7 Å². The van der Waals surface area contributed by atoms with E-state index >= 15 is 0 Å². The van der Waals surface area contributed by atoms with Crippen molar-refractivity contribution in [1.29, 1.82) is 0 Å². The summed E-state index contributed by atoms with van der Waals surface area (Å²) in [6.45, 7) is 6.14. The third-order valence-electron chi connectivity index (χ3n) is 4.65. The van der Waals surface area contributed by atoms with Crippen LogP contribution in [0.3, 0.4) is 0 Å². The van der Waals surface area contributed by atoms with E-state index in [-0.39, 0.29) is 23.7 Å². The quantitative estimate of drug-likeness (QED) is 0.792. The van der Waals surface area contributed by atoms with Crippen molar-refractivity contribution in [3.63, 3.8) is 0 Å². The molecule has 2 atom stereocenters. The summed E-state index contributed by atoms with van der Waals surface area (Å²) in [6, 6.07) is 7.25. The molecule has 25 heavy (non-hydrogen) atoms. The fourth-order valence-electron chi connectivity index (χ4n) is 2.93. The number of ether oxygens (including phenoxy) is 1. The molecule has 0 bridgehead atoms. The average molecular weight is 347 g/mol. The number of nitrogens with zero attached hydrogens (tertiary/aromatic N) is 1. The number of carbonyl (C=O) groups excluding carboxylic acids is 2. The number of anilines is 1. The normalized spacial score (nSPS) is 18.5. The number of hydrogen-bond donors (Lipinski definition) is 2. The van der Waals surface area contributed by atoms with Crippen LogP contribution in [0.5, 0.6) is 5.75 Å². The van der Waals surface area contributed by atoms with Crippen molar-refractivity contribution in [3.05, 3.63) is 24.3 Å². The molecule has 3 N–H and O–H groups in total. The highest BCUT2D eigenvalue weighted by Crippen LogP contribution is 2.22. The Hall–Kier alpha value is -2.08. The smallest absolute Gasteiger partial charge is 0.229 e. The molecule has 6 nitrogen and oxygen atoms in total. The van der Waals surface area contributed by atoms with Crippen LogP contribution >= 0.6 is 0 Å². The third kappa shape index (κ3) is 5.46. The van der Waals surface area contributed by atoms with Gasteiger partial charge in [-0.15, -0.1) is 0 Å². The van der Waals surface area contributed by atoms with E-state index in [1.807, 2.05) is 43.0 Å². The summed E-state index contributed by atoms with van der Waals surface area (Å²) in [4.78, 5) is 26.7. The Morgan fingerprint density at radius 3 is 2.72 bits per heavy atom. The van der Waals surface area contributed by atoms with Crippen LogP contribution in [0.4, 0.5) is 5.69 Å². The van der Waals surface area contributed by atoms with E-state index in [9.17, 15) is 9.59 Å². The van der Waals surface area contributed by atoms with Crippen molar-refractivity contribution in [2.75, 3.05) is 31.6 Å². The second kappa shape index (κ2) is 9.42. The lowest BCUT2D eigenvalue weighted by molar-refractivity contribution is -0.138. The summed E-state index contributed by atoms with van der Waals surface area (Å²) in [5, 5.41) is 2.94. The Kier molecular flexibility index (Phi) is 7.25. The van der Waals surface area contributed by atoms with Crippen LogP contribution in [0.15, 0.2) is 24.3 Å². The van der Waals surface area contributed by atoms with Gasteiger partial charge in [-0.25, -0.2) is 0 Å². The molecule has 2 unspecified atom stereocenters. The lowest BCUT2D eigenvalue weighted by Crippen LogP contribution is -2.45. The Bertz CT molecular complexity index is 574. The maximum Gasteiger partial charge on any atom is 0.229 e. The van der Waals surface area contributed by atoms with Gasteiger partial charge in [-0.1, -0.05) is 13.8 Å². The summed E-state index contributed by atoms with van der Waals surface area (Å²) in [6.07, 6.45) is 2.50. The first-order chi connectivity index (χ1) is 12.0. The Labute approximate surface area is 149 Å². The molecule has 0 radical (unpaired) electrons. The van der Waals surface area contributed by atoms with Crippen LogP contribution in [-0.2, 0) is 9.59 Å². The molecular weight excluding hydrogens is 318 g/mol. The highest BCUT2D eigenvalue weighted by atomic mass is 16.5. The number of nitrogens with two attached hydrogens (primary N) is 1. The van der Waals surface area contributed by atoms with E-state index in [1.165, 1.54) is 0 Å². The molecule has 1 aromatic rings. The average Bonchev–Trinajstić information content (AvgIpc) is 2.66. The van der Waals surface area contributed by atoms with Crippen molar-refractivity contribution < 1.29 is 14.3 Å². The SMILES string of the molecule is CCC(C)C(=O)N1CCCC(C(=O)Nc2ccc(OCCN)cc2)C1. The minimum atomic E-state index is -0.157. The number of nitrogens with one attached hydrogen (secondary N) is 1. The van der Waals surface area contributed by atoms with Gasteiger partial charge in [-0.2, -0.15) is 0 Å². The number of piperidine rings is 1. The van der Waals surface area contributed by atoms with Gasteiger partial charge >= 0.3 is 0 Å². The van der Waals surface area contributed by atoms with Gasteiger partial charge in [0.05, 0.1) is 5.92 Å². The van der Waals surface area contributed by atoms with Crippen molar-refractivity contribution in [2.24, 2.45) is 17.6 Å². The van der Waals surface area contributed by atoms with Gasteiger partial charge in [0, 0.05) is 31.2 Å². The molecular formula is C19H29N3O3. The number of benzene rings is 1. The molecule has 0 aromatic heterocycles. The summed E-state index contributed by atoms with van der Waals surface area (Å²) in [5.74, 6) is 0.711. The lowest BCUT2D eigenvalue weighted by atomic mass is 9.95. The highest BCUT2D eigenvalue weighted by Gasteiger charge is 2.29. The number of hydrogen-bond acceptors (Lipinski definition) is 4. The zero-order valence-corrected chi connectivity index (χ0v) is 15.2. The fourth-order valence-corrected chi connectivity index (χ4v) is 2.93. The fraction of sp³-hybridized carbons (Fsp3) is 0.579. The Morgan fingerprint density at radius 1 is 1.36 bits per heavy atom. The van der Waals surface area contributed by atoms with E-state index in [0.29, 0.717) is 19.7 Å². The molecule has 1 saturated heterocycles. The zero-order valence-electron chi connectivity index (χ0n) is 15.2. The molecule has 1 aliphatic heterocycles. The minimum Gasteiger partial charge on any atom is -0.492 e. The van der Waals surface area contributed by atoms with Crippen molar-refractivity contribution in [2.45, 2.75) is 33.1 Å². The van der Waals surface area contributed by atoms with E-state index in [0.717, 1.165) is 37.2 Å². The van der Waals surface area contributed by atoms with Crippen LogP contribution in [-0.4, -0.2) is 43.0 Å². The Morgan fingerprint density at radius 2 is 2.08 bits per heavy atom. The predicted molar refractivity (Wildman–Crippen MR) is 98.4 cm³/mol. The maximum atomic E-state index is 12.5. The van der Waals surface area contributed by atoms with E-state index in [1.54, 1.807) is 0 Å². The van der Waals surface area contributed by atoms with E-state index in [4.69, 9.17) is 10.5 Å². The molecule has 0 spiro atoms. The van der Waals surface area contributed by atoms with Gasteiger partial charge in [-0.05, 0) is 43.5 Å². The molecule has 1 heterocycles. The molecule has 0 aliphatic carbocycles. The number of amides is 2. The van der Waals surface area contributed by atoms with Crippen molar-refractivity contribution in [3.8, 4) is 5.75 Å². The molecule has 2 amide bonds. The zero-order chi connectivity index (χ0) is 18.2. The molecule has 2 rings (SSSR count). The standard InChI is InChI=1S/C19H29N3O3/c1-3-14(2)19(24)22-11-4-5-15(13-22)18(23)21-16-6-8-17(9-7-16)25-12-10-20/h6-9,14-15H,3-5,10-13,20H2,1-2H3,(H,21,23).